The molecule has 1 saturated carbocycles. The molecule has 0 aromatic carbocycles. The van der Waals surface area contributed by atoms with Crippen LogP contribution in [0.25, 0.3) is 0 Å². The van der Waals surface area contributed by atoms with Crippen LogP contribution in [0.1, 0.15) is 46.0 Å². The van der Waals surface area contributed by atoms with Gasteiger partial charge in [0.05, 0.1) is 0 Å². The molecule has 0 saturated heterocycles. The van der Waals surface area contributed by atoms with Crippen LogP contribution in [-0.2, 0) is 0 Å². The molecule has 3 N–H and O–H groups in total. The van der Waals surface area contributed by atoms with E-state index >= 15 is 0 Å². The average Bonchev–Trinajstić information content (AvgIpc) is 1.90. The van der Waals surface area contributed by atoms with Crippen molar-refractivity contribution in [3.05, 3.63) is 0 Å². The Morgan fingerprint density at radius 2 is 2.00 bits per heavy atom. The summed E-state index contributed by atoms with van der Waals surface area (Å²) in [6, 6.07) is 0. The standard InChI is InChI=1S/C11H24N2/c1-11(2,12)7-9-13-8-6-10-4-3-5-10/h10,13H,3-9,12H2,1-2H3. The number of hydrogen-bond donors (Lipinski definition) is 2. The summed E-state index contributed by atoms with van der Waals surface area (Å²) in [5.74, 6) is 1.03. The number of rotatable bonds is 6. The van der Waals surface area contributed by atoms with Gasteiger partial charge in [0.1, 0.15) is 0 Å². The molecule has 0 atom stereocenters. The maximum atomic E-state index is 5.87. The third-order valence-corrected chi connectivity index (χ3v) is 2.90. The second-order valence-corrected chi connectivity index (χ2v) is 5.07. The second kappa shape index (κ2) is 4.97. The molecule has 0 aromatic heterocycles. The number of nitrogens with two attached hydrogens (primary N) is 1. The van der Waals surface area contributed by atoms with Gasteiger partial charge >= 0.3 is 0 Å². The van der Waals surface area contributed by atoms with E-state index in [2.05, 4.69) is 19.2 Å². The van der Waals surface area contributed by atoms with Crippen molar-refractivity contribution < 1.29 is 0 Å². The van der Waals surface area contributed by atoms with Gasteiger partial charge in [-0.15, -0.1) is 0 Å². The molecule has 1 rings (SSSR count). The molecule has 1 aliphatic carbocycles. The lowest BCUT2D eigenvalue weighted by Gasteiger charge is -2.25. The topological polar surface area (TPSA) is 38.0 Å². The Kier molecular flexibility index (Phi) is 4.20. The van der Waals surface area contributed by atoms with Crippen molar-refractivity contribution in [2.24, 2.45) is 11.7 Å². The molecule has 1 aliphatic rings. The Bertz CT molecular complexity index is 134. The molecular formula is C11H24N2. The lowest BCUT2D eigenvalue weighted by Crippen LogP contribution is -2.36. The largest absolute Gasteiger partial charge is 0.326 e. The molecule has 0 aliphatic heterocycles. The third kappa shape index (κ3) is 5.27. The van der Waals surface area contributed by atoms with E-state index in [1.807, 2.05) is 0 Å². The zero-order chi connectivity index (χ0) is 9.73. The Hall–Kier alpha value is -0.0800. The first-order valence-electron chi connectivity index (χ1n) is 5.57. The molecule has 1 fully saturated rings. The van der Waals surface area contributed by atoms with Crippen LogP contribution in [0.15, 0.2) is 0 Å². The van der Waals surface area contributed by atoms with Crippen molar-refractivity contribution in [2.75, 3.05) is 13.1 Å². The summed E-state index contributed by atoms with van der Waals surface area (Å²) < 4.78 is 0. The van der Waals surface area contributed by atoms with Gasteiger partial charge in [-0.2, -0.15) is 0 Å². The highest BCUT2D eigenvalue weighted by Crippen LogP contribution is 2.28. The lowest BCUT2D eigenvalue weighted by atomic mass is 9.83. The SMILES string of the molecule is CC(C)(N)CCNCCC1CCC1. The van der Waals surface area contributed by atoms with Crippen LogP contribution in [0.5, 0.6) is 0 Å². The predicted octanol–water partition coefficient (Wildman–Crippen LogP) is 1.89. The third-order valence-electron chi connectivity index (χ3n) is 2.90. The monoisotopic (exact) mass is 184 g/mol. The minimum Gasteiger partial charge on any atom is -0.326 e. The molecule has 0 aromatic rings. The second-order valence-electron chi connectivity index (χ2n) is 5.07. The van der Waals surface area contributed by atoms with Gasteiger partial charge in [0.2, 0.25) is 0 Å². The number of hydrogen-bond acceptors (Lipinski definition) is 2. The summed E-state index contributed by atoms with van der Waals surface area (Å²) in [6.07, 6.45) is 6.82. The summed E-state index contributed by atoms with van der Waals surface area (Å²) in [7, 11) is 0. The van der Waals surface area contributed by atoms with Crippen molar-refractivity contribution in [1.29, 1.82) is 0 Å². The van der Waals surface area contributed by atoms with Gasteiger partial charge in [-0.25, -0.2) is 0 Å². The Labute approximate surface area is 82.3 Å². The summed E-state index contributed by atoms with van der Waals surface area (Å²) in [5.41, 5.74) is 5.86. The zero-order valence-electron chi connectivity index (χ0n) is 9.10. The van der Waals surface area contributed by atoms with Gasteiger partial charge in [-0.05, 0) is 45.7 Å². The Morgan fingerprint density at radius 1 is 1.31 bits per heavy atom. The van der Waals surface area contributed by atoms with Gasteiger partial charge in [-0.1, -0.05) is 19.3 Å². The van der Waals surface area contributed by atoms with Gasteiger partial charge in [-0.3, -0.25) is 0 Å². The maximum absolute atomic E-state index is 5.87. The van der Waals surface area contributed by atoms with Crippen LogP contribution in [0, 0.1) is 5.92 Å². The molecule has 0 amide bonds. The van der Waals surface area contributed by atoms with Crippen LogP contribution in [0.2, 0.25) is 0 Å². The van der Waals surface area contributed by atoms with Crippen molar-refractivity contribution in [1.82, 2.24) is 5.32 Å². The van der Waals surface area contributed by atoms with E-state index in [9.17, 15) is 0 Å². The maximum Gasteiger partial charge on any atom is 0.0109 e. The molecule has 0 radical (unpaired) electrons. The minimum atomic E-state index is -0.0104. The molecular weight excluding hydrogens is 160 g/mol. The Morgan fingerprint density at radius 3 is 2.46 bits per heavy atom. The van der Waals surface area contributed by atoms with E-state index in [4.69, 9.17) is 5.73 Å². The van der Waals surface area contributed by atoms with Gasteiger partial charge in [0.25, 0.3) is 0 Å². The van der Waals surface area contributed by atoms with Gasteiger partial charge in [0, 0.05) is 5.54 Å². The first kappa shape index (κ1) is 11.0. The summed E-state index contributed by atoms with van der Waals surface area (Å²) >= 11 is 0. The molecule has 0 heterocycles. The average molecular weight is 184 g/mol. The van der Waals surface area contributed by atoms with E-state index in [0.717, 1.165) is 18.9 Å². The van der Waals surface area contributed by atoms with Crippen LogP contribution >= 0.6 is 0 Å². The fourth-order valence-corrected chi connectivity index (χ4v) is 1.62. The highest BCUT2D eigenvalue weighted by atomic mass is 14.9. The minimum absolute atomic E-state index is 0.0104. The molecule has 13 heavy (non-hydrogen) atoms. The summed E-state index contributed by atoms with van der Waals surface area (Å²) in [5, 5.41) is 3.46. The van der Waals surface area contributed by atoms with E-state index in [1.165, 1.54) is 32.2 Å². The van der Waals surface area contributed by atoms with Crippen molar-refractivity contribution in [2.45, 2.75) is 51.5 Å². The molecule has 0 bridgehead atoms. The van der Waals surface area contributed by atoms with Gasteiger partial charge < -0.3 is 11.1 Å². The first-order valence-corrected chi connectivity index (χ1v) is 5.57. The highest BCUT2D eigenvalue weighted by Gasteiger charge is 2.16. The first-order chi connectivity index (χ1) is 6.08. The van der Waals surface area contributed by atoms with Crippen molar-refractivity contribution >= 4 is 0 Å². The summed E-state index contributed by atoms with van der Waals surface area (Å²) in [4.78, 5) is 0. The van der Waals surface area contributed by atoms with Gasteiger partial charge in [0.15, 0.2) is 0 Å². The fraction of sp³-hybridized carbons (Fsp3) is 1.00. The van der Waals surface area contributed by atoms with Crippen molar-refractivity contribution in [3.8, 4) is 0 Å². The van der Waals surface area contributed by atoms with E-state index < -0.39 is 0 Å². The fourth-order valence-electron chi connectivity index (χ4n) is 1.62. The normalized spacial score (nSPS) is 18.7. The Balaban J connectivity index is 1.83. The molecule has 0 spiro atoms. The molecule has 78 valence electrons. The van der Waals surface area contributed by atoms with E-state index in [-0.39, 0.29) is 5.54 Å². The summed E-state index contributed by atoms with van der Waals surface area (Å²) in [6.45, 7) is 6.41. The smallest absolute Gasteiger partial charge is 0.0109 e. The molecule has 2 heteroatoms. The molecule has 0 unspecified atom stereocenters. The quantitative estimate of drug-likeness (QED) is 0.619. The van der Waals surface area contributed by atoms with Crippen LogP contribution < -0.4 is 11.1 Å². The van der Waals surface area contributed by atoms with Crippen molar-refractivity contribution in [3.63, 3.8) is 0 Å². The van der Waals surface area contributed by atoms with E-state index in [0.29, 0.717) is 0 Å². The van der Waals surface area contributed by atoms with Crippen LogP contribution in [0.4, 0.5) is 0 Å². The zero-order valence-corrected chi connectivity index (χ0v) is 9.10. The lowest BCUT2D eigenvalue weighted by molar-refractivity contribution is 0.290. The molecule has 2 nitrogen and oxygen atoms in total. The van der Waals surface area contributed by atoms with E-state index in [1.54, 1.807) is 0 Å². The predicted molar refractivity (Wildman–Crippen MR) is 57.7 cm³/mol. The highest BCUT2D eigenvalue weighted by molar-refractivity contribution is 4.74. The number of nitrogens with one attached hydrogen (secondary N) is 1. The van der Waals surface area contributed by atoms with Crippen LogP contribution in [0.3, 0.4) is 0 Å². The van der Waals surface area contributed by atoms with Crippen LogP contribution in [-0.4, -0.2) is 18.6 Å².